The predicted molar refractivity (Wildman–Crippen MR) is 96.2 cm³/mol. The number of hydrogen-bond acceptors (Lipinski definition) is 3. The van der Waals surface area contributed by atoms with Gasteiger partial charge in [-0.05, 0) is 31.4 Å². The second kappa shape index (κ2) is 7.09. The molecule has 2 amide bonds. The molecule has 25 heavy (non-hydrogen) atoms. The van der Waals surface area contributed by atoms with E-state index in [0.29, 0.717) is 13.0 Å². The molecule has 0 aliphatic carbocycles. The zero-order valence-electron chi connectivity index (χ0n) is 15.0. The molecule has 0 N–H and O–H groups in total. The molecular formula is C19H24N4O2. The van der Waals surface area contributed by atoms with Crippen LogP contribution in [0.15, 0.2) is 30.5 Å². The Labute approximate surface area is 148 Å². The lowest BCUT2D eigenvalue weighted by atomic mass is 10.1. The van der Waals surface area contributed by atoms with Gasteiger partial charge in [0.15, 0.2) is 0 Å². The van der Waals surface area contributed by atoms with E-state index in [1.54, 1.807) is 21.5 Å². The van der Waals surface area contributed by atoms with Gasteiger partial charge in [-0.3, -0.25) is 14.3 Å². The fourth-order valence-electron chi connectivity index (χ4n) is 3.26. The van der Waals surface area contributed by atoms with Gasteiger partial charge < -0.3 is 9.80 Å². The first kappa shape index (κ1) is 17.2. The van der Waals surface area contributed by atoms with Crippen molar-refractivity contribution >= 4 is 17.5 Å². The van der Waals surface area contributed by atoms with Crippen LogP contribution in [0, 0.1) is 6.92 Å². The average Bonchev–Trinajstić information content (AvgIpc) is 2.80. The molecule has 6 heteroatoms. The maximum Gasteiger partial charge on any atom is 0.242 e. The Hall–Kier alpha value is -2.63. The number of likely N-dealkylation sites (N-methyl/N-ethyl adjacent to an activating group) is 1. The van der Waals surface area contributed by atoms with E-state index in [4.69, 9.17) is 0 Å². The number of para-hydroxylation sites is 1. The number of benzene rings is 1. The molecule has 3 rings (SSSR count). The molecule has 0 saturated heterocycles. The van der Waals surface area contributed by atoms with Gasteiger partial charge in [0.2, 0.25) is 11.8 Å². The summed E-state index contributed by atoms with van der Waals surface area (Å²) in [7, 11) is 3.63. The van der Waals surface area contributed by atoms with Crippen LogP contribution in [-0.4, -0.2) is 40.1 Å². The third-order valence-electron chi connectivity index (χ3n) is 4.66. The molecule has 1 aliphatic rings. The summed E-state index contributed by atoms with van der Waals surface area (Å²) >= 11 is 0. The van der Waals surface area contributed by atoms with Crippen molar-refractivity contribution in [1.82, 2.24) is 14.7 Å². The lowest BCUT2D eigenvalue weighted by molar-refractivity contribution is -0.130. The highest BCUT2D eigenvalue weighted by molar-refractivity contribution is 5.99. The van der Waals surface area contributed by atoms with E-state index in [1.165, 1.54) is 0 Å². The van der Waals surface area contributed by atoms with Crippen LogP contribution in [-0.2, 0) is 29.6 Å². The van der Waals surface area contributed by atoms with Crippen LogP contribution in [0.4, 0.5) is 5.69 Å². The molecule has 132 valence electrons. The Morgan fingerprint density at radius 2 is 2.04 bits per heavy atom. The Bertz CT molecular complexity index is 796. The number of aryl methyl sites for hydroxylation is 3. The molecule has 1 aromatic carbocycles. The fraction of sp³-hybridized carbons (Fsp3) is 0.421. The van der Waals surface area contributed by atoms with Crippen LogP contribution in [0.1, 0.15) is 29.7 Å². The third-order valence-corrected chi connectivity index (χ3v) is 4.66. The number of rotatable bonds is 4. The average molecular weight is 340 g/mol. The van der Waals surface area contributed by atoms with Crippen molar-refractivity contribution in [2.24, 2.45) is 7.05 Å². The van der Waals surface area contributed by atoms with Crippen molar-refractivity contribution in [2.75, 3.05) is 18.5 Å². The number of carbonyl (C=O) groups is 2. The Morgan fingerprint density at radius 1 is 1.28 bits per heavy atom. The van der Waals surface area contributed by atoms with Crippen LogP contribution >= 0.6 is 0 Å². The van der Waals surface area contributed by atoms with Gasteiger partial charge in [-0.2, -0.15) is 5.10 Å². The SMILES string of the molecule is Cc1nn(C)cc1CN(C)C(=O)CN1C(=O)CCCc2ccccc21. The van der Waals surface area contributed by atoms with Gasteiger partial charge in [0.25, 0.3) is 0 Å². The standard InChI is InChI=1S/C19H24N4O2/c1-14-16(12-22(3)20-14)11-21(2)19(25)13-23-17-9-5-4-7-15(17)8-6-10-18(23)24/h4-5,7,9,12H,6,8,10-11,13H2,1-3H3. The van der Waals surface area contributed by atoms with E-state index in [9.17, 15) is 9.59 Å². The van der Waals surface area contributed by atoms with Gasteiger partial charge in [0.05, 0.1) is 5.69 Å². The lowest BCUT2D eigenvalue weighted by Gasteiger charge is -2.25. The first-order valence-electron chi connectivity index (χ1n) is 8.57. The highest BCUT2D eigenvalue weighted by Crippen LogP contribution is 2.26. The van der Waals surface area contributed by atoms with E-state index in [1.807, 2.05) is 44.4 Å². The normalized spacial score (nSPS) is 14.2. The first-order chi connectivity index (χ1) is 12.0. The second-order valence-corrected chi connectivity index (χ2v) is 6.63. The number of anilines is 1. The maximum atomic E-state index is 12.7. The smallest absolute Gasteiger partial charge is 0.242 e. The maximum absolute atomic E-state index is 12.7. The Balaban J connectivity index is 1.75. The molecule has 0 atom stereocenters. The molecule has 0 unspecified atom stereocenters. The molecule has 0 fully saturated rings. The molecule has 6 nitrogen and oxygen atoms in total. The number of amides is 2. The van der Waals surface area contributed by atoms with Crippen LogP contribution in [0.3, 0.4) is 0 Å². The van der Waals surface area contributed by atoms with Crippen LogP contribution in [0.2, 0.25) is 0 Å². The summed E-state index contributed by atoms with van der Waals surface area (Å²) in [6.45, 7) is 2.50. The van der Waals surface area contributed by atoms with Crippen molar-refractivity contribution in [1.29, 1.82) is 0 Å². The van der Waals surface area contributed by atoms with Gasteiger partial charge in [-0.15, -0.1) is 0 Å². The molecule has 0 saturated carbocycles. The van der Waals surface area contributed by atoms with Crippen LogP contribution in [0.25, 0.3) is 0 Å². The van der Waals surface area contributed by atoms with Gasteiger partial charge >= 0.3 is 0 Å². The van der Waals surface area contributed by atoms with Crippen LogP contribution in [0.5, 0.6) is 0 Å². The molecular weight excluding hydrogens is 316 g/mol. The van der Waals surface area contributed by atoms with Crippen molar-refractivity contribution < 1.29 is 9.59 Å². The van der Waals surface area contributed by atoms with E-state index < -0.39 is 0 Å². The number of carbonyl (C=O) groups excluding carboxylic acids is 2. The molecule has 1 aliphatic heterocycles. The summed E-state index contributed by atoms with van der Waals surface area (Å²) in [4.78, 5) is 28.5. The van der Waals surface area contributed by atoms with Gasteiger partial charge in [-0.1, -0.05) is 18.2 Å². The summed E-state index contributed by atoms with van der Waals surface area (Å²) < 4.78 is 1.75. The lowest BCUT2D eigenvalue weighted by Crippen LogP contribution is -2.41. The van der Waals surface area contributed by atoms with E-state index >= 15 is 0 Å². The van der Waals surface area contributed by atoms with E-state index in [-0.39, 0.29) is 18.4 Å². The highest BCUT2D eigenvalue weighted by atomic mass is 16.2. The van der Waals surface area contributed by atoms with Crippen molar-refractivity contribution in [3.63, 3.8) is 0 Å². The largest absolute Gasteiger partial charge is 0.340 e. The van der Waals surface area contributed by atoms with Crippen molar-refractivity contribution in [3.8, 4) is 0 Å². The number of aromatic nitrogens is 2. The monoisotopic (exact) mass is 340 g/mol. The summed E-state index contributed by atoms with van der Waals surface area (Å²) in [6.07, 6.45) is 4.10. The summed E-state index contributed by atoms with van der Waals surface area (Å²) in [5.74, 6) is -0.0578. The summed E-state index contributed by atoms with van der Waals surface area (Å²) in [5.41, 5.74) is 3.93. The Kier molecular flexibility index (Phi) is 4.88. The van der Waals surface area contributed by atoms with Gasteiger partial charge in [-0.25, -0.2) is 0 Å². The molecule has 2 aromatic rings. The van der Waals surface area contributed by atoms with Crippen molar-refractivity contribution in [2.45, 2.75) is 32.7 Å². The Morgan fingerprint density at radius 3 is 2.76 bits per heavy atom. The predicted octanol–water partition coefficient (Wildman–Crippen LogP) is 2.06. The molecule has 0 radical (unpaired) electrons. The van der Waals surface area contributed by atoms with Crippen molar-refractivity contribution in [3.05, 3.63) is 47.3 Å². The topological polar surface area (TPSA) is 58.4 Å². The minimum Gasteiger partial charge on any atom is -0.340 e. The fourth-order valence-corrected chi connectivity index (χ4v) is 3.26. The zero-order chi connectivity index (χ0) is 18.0. The van der Waals surface area contributed by atoms with Gasteiger partial charge in [0.1, 0.15) is 6.54 Å². The number of fused-ring (bicyclic) bond motifs is 1. The zero-order valence-corrected chi connectivity index (χ0v) is 15.0. The van der Waals surface area contributed by atoms with E-state index in [0.717, 1.165) is 35.3 Å². The highest BCUT2D eigenvalue weighted by Gasteiger charge is 2.25. The third kappa shape index (κ3) is 3.73. The van der Waals surface area contributed by atoms with Gasteiger partial charge in [0, 0.05) is 44.5 Å². The molecule has 2 heterocycles. The quantitative estimate of drug-likeness (QED) is 0.856. The minimum atomic E-state index is -0.0756. The van der Waals surface area contributed by atoms with Crippen LogP contribution < -0.4 is 4.90 Å². The minimum absolute atomic E-state index is 0.0178. The molecule has 0 bridgehead atoms. The summed E-state index contributed by atoms with van der Waals surface area (Å²) in [5, 5.41) is 4.31. The molecule has 1 aromatic heterocycles. The first-order valence-corrected chi connectivity index (χ1v) is 8.57. The second-order valence-electron chi connectivity index (χ2n) is 6.63. The number of hydrogen-bond donors (Lipinski definition) is 0. The van der Waals surface area contributed by atoms with E-state index in [2.05, 4.69) is 5.10 Å². The summed E-state index contributed by atoms with van der Waals surface area (Å²) in [6, 6.07) is 7.86. The number of nitrogens with zero attached hydrogens (tertiary/aromatic N) is 4. The molecule has 0 spiro atoms.